The van der Waals surface area contributed by atoms with Crippen molar-refractivity contribution in [2.45, 2.75) is 0 Å². The second kappa shape index (κ2) is 8.02. The molecule has 0 bridgehead atoms. The molecule has 0 fully saturated rings. The zero-order valence-corrected chi connectivity index (χ0v) is 20.7. The molecule has 6 aromatic carbocycles. The van der Waals surface area contributed by atoms with Crippen LogP contribution in [0.4, 0.5) is 0 Å². The van der Waals surface area contributed by atoms with Crippen LogP contribution in [-0.2, 0) is 32.7 Å². The molecule has 0 N–H and O–H groups in total. The van der Waals surface area contributed by atoms with Crippen LogP contribution in [0.1, 0.15) is 0 Å². The average molecular weight is 492 g/mol. The summed E-state index contributed by atoms with van der Waals surface area (Å²) < 4.78 is 0. The van der Waals surface area contributed by atoms with Crippen LogP contribution in [0.15, 0.2) is 103 Å². The first-order chi connectivity index (χ1) is 15.8. The van der Waals surface area contributed by atoms with Gasteiger partial charge in [-0.15, -0.1) is 16.8 Å². The maximum atomic E-state index is 4.55. The Bertz CT molecular complexity index is 1830. The van der Waals surface area contributed by atoms with Gasteiger partial charge in [0.15, 0.2) is 0 Å². The number of hydrogen-bond donors (Lipinski definition) is 0. The van der Waals surface area contributed by atoms with E-state index in [4.69, 9.17) is 0 Å². The minimum Gasteiger partial charge on any atom is -0.362 e. The molecule has 0 amide bonds. The fourth-order valence-electron chi connectivity index (χ4n) is 4.78. The van der Waals surface area contributed by atoms with Crippen molar-refractivity contribution in [3.63, 3.8) is 0 Å². The van der Waals surface area contributed by atoms with Crippen LogP contribution in [0, 0.1) is 12.3 Å². The number of pyridine rings is 1. The fraction of sp³-hybridized carbons (Fsp3) is 0. The first-order valence-corrected chi connectivity index (χ1v) is 10.8. The maximum Gasteiger partial charge on any atom is 0 e. The van der Waals surface area contributed by atoms with Crippen molar-refractivity contribution in [3.05, 3.63) is 115 Å². The van der Waals surface area contributed by atoms with Gasteiger partial charge in [-0.1, -0.05) is 72.2 Å². The molecule has 1 radical (unpaired) electrons. The third-order valence-electron chi connectivity index (χ3n) is 6.39. The predicted octanol–water partition coefficient (Wildman–Crippen LogP) is 8.11. The Labute approximate surface area is 217 Å². The smallest absolute Gasteiger partial charge is 0 e. The van der Waals surface area contributed by atoms with Crippen molar-refractivity contribution in [3.8, 4) is 11.1 Å². The normalized spacial score (nSPS) is 11.4. The molecule has 151 valence electrons. The number of rotatable bonds is 1. The van der Waals surface area contributed by atoms with Crippen LogP contribution in [0.3, 0.4) is 0 Å². The van der Waals surface area contributed by atoms with Crippen LogP contribution in [0.2, 0.25) is 0 Å². The molecule has 0 unspecified atom stereocenters. The van der Waals surface area contributed by atoms with Crippen LogP contribution < -0.4 is 0 Å². The van der Waals surface area contributed by atoms with Crippen molar-refractivity contribution >= 4 is 54.0 Å². The SMILES string of the molecule is [Y].[c-]1nc2ccccc2cc1-c1[c-]ccc2cc3cc4cc5ccccc5cc4cc3cc12. The minimum absolute atomic E-state index is 0. The average Bonchev–Trinajstić information content (AvgIpc) is 2.84. The molecule has 0 saturated heterocycles. The second-order valence-corrected chi connectivity index (χ2v) is 8.38. The molecule has 1 aromatic heterocycles. The van der Waals surface area contributed by atoms with E-state index in [-0.39, 0.29) is 32.7 Å². The van der Waals surface area contributed by atoms with E-state index in [1.165, 1.54) is 43.1 Å². The number of nitrogens with zero attached hydrogens (tertiary/aromatic N) is 1. The summed E-state index contributed by atoms with van der Waals surface area (Å²) in [5.74, 6) is 0. The third kappa shape index (κ3) is 3.44. The summed E-state index contributed by atoms with van der Waals surface area (Å²) in [6.45, 7) is 0. The van der Waals surface area contributed by atoms with Gasteiger partial charge in [-0.25, -0.2) is 11.1 Å². The molecular weight excluding hydrogens is 475 g/mol. The first kappa shape index (κ1) is 20.5. The van der Waals surface area contributed by atoms with E-state index in [1.807, 2.05) is 24.3 Å². The van der Waals surface area contributed by atoms with E-state index in [1.54, 1.807) is 0 Å². The molecule has 0 atom stereocenters. The van der Waals surface area contributed by atoms with Gasteiger partial charge in [-0.3, -0.25) is 0 Å². The largest absolute Gasteiger partial charge is 0.362 e. The molecule has 7 rings (SSSR count). The zero-order valence-electron chi connectivity index (χ0n) is 17.8. The Balaban J connectivity index is 0.00000206. The molecule has 33 heavy (non-hydrogen) atoms. The molecule has 0 aliphatic rings. The Morgan fingerprint density at radius 3 is 1.82 bits per heavy atom. The van der Waals surface area contributed by atoms with Crippen LogP contribution >= 0.6 is 0 Å². The van der Waals surface area contributed by atoms with Crippen molar-refractivity contribution in [1.29, 1.82) is 0 Å². The standard InChI is InChI=1S/C31H17N.Y/c1-2-7-21-13-25-17-27-18-30-22(14-26(27)16-24(25)12-20(21)6-1)9-5-10-29(30)28-15-23-8-3-4-11-31(23)32-19-28;/h1-9,11-18H;/q-2;. The monoisotopic (exact) mass is 492 g/mol. The molecule has 7 aromatic rings. The summed E-state index contributed by atoms with van der Waals surface area (Å²) in [5.41, 5.74) is 2.97. The van der Waals surface area contributed by atoms with Gasteiger partial charge in [-0.2, -0.15) is 18.2 Å². The zero-order chi connectivity index (χ0) is 21.1. The van der Waals surface area contributed by atoms with E-state index in [0.29, 0.717) is 0 Å². The summed E-state index contributed by atoms with van der Waals surface area (Å²) in [6, 6.07) is 40.2. The van der Waals surface area contributed by atoms with Crippen molar-refractivity contribution in [1.82, 2.24) is 4.98 Å². The summed E-state index contributed by atoms with van der Waals surface area (Å²) in [7, 11) is 0. The van der Waals surface area contributed by atoms with E-state index < -0.39 is 0 Å². The number of hydrogen-bond acceptors (Lipinski definition) is 1. The van der Waals surface area contributed by atoms with Crippen LogP contribution in [0.25, 0.3) is 65.1 Å². The van der Waals surface area contributed by atoms with Crippen molar-refractivity contribution in [2.24, 2.45) is 0 Å². The summed E-state index contributed by atoms with van der Waals surface area (Å²) in [5, 5.41) is 11.0. The Morgan fingerprint density at radius 2 is 1.09 bits per heavy atom. The fourth-order valence-corrected chi connectivity index (χ4v) is 4.78. The molecular formula is C31H17NY-2. The first-order valence-electron chi connectivity index (χ1n) is 10.8. The predicted molar refractivity (Wildman–Crippen MR) is 135 cm³/mol. The number of aromatic nitrogens is 1. The van der Waals surface area contributed by atoms with Crippen molar-refractivity contribution in [2.75, 3.05) is 0 Å². The van der Waals surface area contributed by atoms with Gasteiger partial charge in [0.1, 0.15) is 0 Å². The molecule has 1 nitrogen and oxygen atoms in total. The molecule has 2 heteroatoms. The molecule has 0 spiro atoms. The number of benzene rings is 6. The van der Waals surface area contributed by atoms with Gasteiger partial charge >= 0.3 is 0 Å². The van der Waals surface area contributed by atoms with Gasteiger partial charge in [-0.05, 0) is 62.1 Å². The van der Waals surface area contributed by atoms with Gasteiger partial charge < -0.3 is 4.98 Å². The Hall–Kier alpha value is -3.13. The van der Waals surface area contributed by atoms with E-state index in [0.717, 1.165) is 22.0 Å². The van der Waals surface area contributed by atoms with Gasteiger partial charge in [0.2, 0.25) is 0 Å². The van der Waals surface area contributed by atoms with E-state index in [2.05, 4.69) is 96.1 Å². The summed E-state index contributed by atoms with van der Waals surface area (Å²) in [4.78, 5) is 4.55. The van der Waals surface area contributed by atoms with Crippen LogP contribution in [-0.4, -0.2) is 4.98 Å². The molecule has 0 aliphatic heterocycles. The Kier molecular flexibility index (Phi) is 4.98. The Morgan fingerprint density at radius 1 is 0.515 bits per heavy atom. The summed E-state index contributed by atoms with van der Waals surface area (Å²) >= 11 is 0. The number of para-hydroxylation sites is 1. The quantitative estimate of drug-likeness (QED) is 0.167. The summed E-state index contributed by atoms with van der Waals surface area (Å²) in [6.07, 6.45) is 3.24. The van der Waals surface area contributed by atoms with E-state index >= 15 is 0 Å². The second-order valence-electron chi connectivity index (χ2n) is 8.38. The van der Waals surface area contributed by atoms with Gasteiger partial charge in [0.05, 0.1) is 0 Å². The minimum atomic E-state index is 0. The number of fused-ring (bicyclic) bond motifs is 5. The van der Waals surface area contributed by atoms with Gasteiger partial charge in [0.25, 0.3) is 0 Å². The molecule has 0 saturated carbocycles. The topological polar surface area (TPSA) is 12.9 Å². The van der Waals surface area contributed by atoms with Crippen LogP contribution in [0.5, 0.6) is 0 Å². The molecule has 0 aliphatic carbocycles. The maximum absolute atomic E-state index is 4.55. The molecule has 1 heterocycles. The third-order valence-corrected chi connectivity index (χ3v) is 6.39. The van der Waals surface area contributed by atoms with E-state index in [9.17, 15) is 0 Å². The van der Waals surface area contributed by atoms with Crippen molar-refractivity contribution < 1.29 is 32.7 Å². The van der Waals surface area contributed by atoms with Gasteiger partial charge in [0, 0.05) is 32.7 Å².